The molecule has 5 heteroatoms. The van der Waals surface area contributed by atoms with Crippen LogP contribution in [0.5, 0.6) is 0 Å². The normalized spacial score (nSPS) is 14.0. The van der Waals surface area contributed by atoms with Crippen molar-refractivity contribution in [1.82, 2.24) is 15.3 Å². The third-order valence-corrected chi connectivity index (χ3v) is 4.72. The molecule has 0 radical (unpaired) electrons. The van der Waals surface area contributed by atoms with E-state index >= 15 is 0 Å². The van der Waals surface area contributed by atoms with Crippen molar-refractivity contribution in [2.24, 2.45) is 0 Å². The molecule has 4 nitrogen and oxygen atoms in total. The molecule has 1 N–H and O–H groups in total. The van der Waals surface area contributed by atoms with Gasteiger partial charge in [-0.25, -0.2) is 9.97 Å². The Labute approximate surface area is 148 Å². The quantitative estimate of drug-likeness (QED) is 0.730. The molecular formula is C19H24N4S. The number of unbranched alkanes of at least 4 members (excludes halogenated alkanes) is 2. The zero-order chi connectivity index (χ0) is 16.6. The molecule has 1 aliphatic rings. The number of pyridine rings is 1. The number of rotatable bonds is 8. The van der Waals surface area contributed by atoms with Crippen LogP contribution >= 0.6 is 11.3 Å². The molecule has 0 saturated carbocycles. The standard InChI is InChI=1S/C19H24N4S/c1-2-3-4-10-20-14-16-7-6-12-23(15-16)18-9-5-8-17(22-18)19-21-11-13-24-19/h5-9,11,13,15,20H,2-4,10,12,14H2,1H3. The second-order valence-electron chi connectivity index (χ2n) is 5.86. The van der Waals surface area contributed by atoms with E-state index in [0.29, 0.717) is 0 Å². The first-order valence-corrected chi connectivity index (χ1v) is 9.46. The van der Waals surface area contributed by atoms with Gasteiger partial charge in [-0.1, -0.05) is 38.0 Å². The lowest BCUT2D eigenvalue weighted by atomic mass is 10.2. The summed E-state index contributed by atoms with van der Waals surface area (Å²) in [6.07, 6.45) is 12.2. The number of hydrogen-bond acceptors (Lipinski definition) is 5. The number of anilines is 1. The predicted molar refractivity (Wildman–Crippen MR) is 102 cm³/mol. The summed E-state index contributed by atoms with van der Waals surface area (Å²) in [5, 5.41) is 6.47. The number of thiazole rings is 1. The van der Waals surface area contributed by atoms with Crippen LogP contribution in [-0.4, -0.2) is 29.6 Å². The van der Waals surface area contributed by atoms with Gasteiger partial charge in [0.15, 0.2) is 0 Å². The summed E-state index contributed by atoms with van der Waals surface area (Å²) >= 11 is 1.62. The molecule has 0 amide bonds. The molecule has 2 aromatic rings. The molecule has 0 fully saturated rings. The zero-order valence-electron chi connectivity index (χ0n) is 14.1. The van der Waals surface area contributed by atoms with E-state index in [2.05, 4.69) is 46.5 Å². The van der Waals surface area contributed by atoms with Gasteiger partial charge >= 0.3 is 0 Å². The molecule has 1 aliphatic heterocycles. The fourth-order valence-electron chi connectivity index (χ4n) is 2.66. The Kier molecular flexibility index (Phi) is 6.15. The van der Waals surface area contributed by atoms with Crippen LogP contribution < -0.4 is 10.2 Å². The van der Waals surface area contributed by atoms with Gasteiger partial charge in [-0.05, 0) is 30.7 Å². The van der Waals surface area contributed by atoms with Crippen LogP contribution in [-0.2, 0) is 0 Å². The van der Waals surface area contributed by atoms with E-state index in [4.69, 9.17) is 4.98 Å². The second kappa shape index (κ2) is 8.76. The van der Waals surface area contributed by atoms with Gasteiger partial charge in [-0.2, -0.15) is 0 Å². The fraction of sp³-hybridized carbons (Fsp3) is 0.368. The monoisotopic (exact) mass is 340 g/mol. The Morgan fingerprint density at radius 3 is 3.08 bits per heavy atom. The predicted octanol–water partition coefficient (Wildman–Crippen LogP) is 4.25. The van der Waals surface area contributed by atoms with Crippen LogP contribution in [0.3, 0.4) is 0 Å². The van der Waals surface area contributed by atoms with E-state index < -0.39 is 0 Å². The molecule has 0 saturated heterocycles. The van der Waals surface area contributed by atoms with Gasteiger partial charge in [0.2, 0.25) is 0 Å². The van der Waals surface area contributed by atoms with E-state index in [1.54, 1.807) is 11.3 Å². The first-order chi connectivity index (χ1) is 11.9. The van der Waals surface area contributed by atoms with Crippen LogP contribution in [0.15, 0.2) is 53.7 Å². The lowest BCUT2D eigenvalue weighted by Crippen LogP contribution is -2.25. The minimum Gasteiger partial charge on any atom is -0.329 e. The third kappa shape index (κ3) is 4.52. The third-order valence-electron chi connectivity index (χ3n) is 3.92. The van der Waals surface area contributed by atoms with E-state index in [0.717, 1.165) is 36.2 Å². The Balaban J connectivity index is 1.64. The number of nitrogens with zero attached hydrogens (tertiary/aromatic N) is 3. The van der Waals surface area contributed by atoms with Crippen LogP contribution in [0.1, 0.15) is 26.2 Å². The minimum absolute atomic E-state index is 0.855. The second-order valence-corrected chi connectivity index (χ2v) is 6.76. The number of hydrogen-bond donors (Lipinski definition) is 1. The van der Waals surface area contributed by atoms with Crippen molar-refractivity contribution in [2.75, 3.05) is 24.5 Å². The summed E-state index contributed by atoms with van der Waals surface area (Å²) in [5.41, 5.74) is 2.23. The van der Waals surface area contributed by atoms with Gasteiger partial charge in [0.25, 0.3) is 0 Å². The molecule has 3 rings (SSSR count). The lowest BCUT2D eigenvalue weighted by molar-refractivity contribution is 0.641. The van der Waals surface area contributed by atoms with Crippen molar-refractivity contribution in [3.8, 4) is 10.7 Å². The highest BCUT2D eigenvalue weighted by Crippen LogP contribution is 2.23. The molecule has 0 bridgehead atoms. The summed E-state index contributed by atoms with van der Waals surface area (Å²) in [5.74, 6) is 0.968. The largest absolute Gasteiger partial charge is 0.329 e. The SMILES string of the molecule is CCCCCNCC1=CN(c2cccc(-c3nccs3)n2)CC=C1. The maximum atomic E-state index is 4.77. The van der Waals surface area contributed by atoms with Crippen molar-refractivity contribution in [3.05, 3.63) is 53.7 Å². The van der Waals surface area contributed by atoms with Crippen molar-refractivity contribution >= 4 is 17.2 Å². The average Bonchev–Trinajstić information content (AvgIpc) is 3.17. The average molecular weight is 340 g/mol. The highest BCUT2D eigenvalue weighted by molar-refractivity contribution is 7.13. The van der Waals surface area contributed by atoms with Crippen LogP contribution in [0.2, 0.25) is 0 Å². The summed E-state index contributed by atoms with van der Waals surface area (Å²) < 4.78 is 0. The molecule has 2 aromatic heterocycles. The summed E-state index contributed by atoms with van der Waals surface area (Å²) in [7, 11) is 0. The molecule has 126 valence electrons. The Hall–Kier alpha value is -1.98. The molecular weight excluding hydrogens is 316 g/mol. The highest BCUT2D eigenvalue weighted by atomic mass is 32.1. The van der Waals surface area contributed by atoms with Gasteiger partial charge < -0.3 is 10.2 Å². The molecule has 0 atom stereocenters. The van der Waals surface area contributed by atoms with Crippen molar-refractivity contribution in [2.45, 2.75) is 26.2 Å². The molecule has 3 heterocycles. The van der Waals surface area contributed by atoms with Crippen LogP contribution in [0, 0.1) is 0 Å². The van der Waals surface area contributed by atoms with Gasteiger partial charge in [0, 0.05) is 30.9 Å². The maximum Gasteiger partial charge on any atom is 0.141 e. The highest BCUT2D eigenvalue weighted by Gasteiger charge is 2.11. The van der Waals surface area contributed by atoms with Crippen LogP contribution in [0.25, 0.3) is 10.7 Å². The first kappa shape index (κ1) is 16.9. The molecule has 0 spiro atoms. The van der Waals surface area contributed by atoms with E-state index in [1.807, 2.05) is 23.7 Å². The number of aromatic nitrogens is 2. The fourth-order valence-corrected chi connectivity index (χ4v) is 3.27. The molecule has 24 heavy (non-hydrogen) atoms. The Morgan fingerprint density at radius 1 is 1.29 bits per heavy atom. The summed E-state index contributed by atoms with van der Waals surface area (Å²) in [6.45, 7) is 5.07. The smallest absolute Gasteiger partial charge is 0.141 e. The Morgan fingerprint density at radius 2 is 2.25 bits per heavy atom. The van der Waals surface area contributed by atoms with E-state index in [9.17, 15) is 0 Å². The number of nitrogens with one attached hydrogen (secondary N) is 1. The van der Waals surface area contributed by atoms with E-state index in [-0.39, 0.29) is 0 Å². The van der Waals surface area contributed by atoms with Gasteiger partial charge in [0.05, 0.1) is 0 Å². The maximum absolute atomic E-state index is 4.77. The first-order valence-electron chi connectivity index (χ1n) is 8.58. The molecule has 0 aromatic carbocycles. The minimum atomic E-state index is 0.855. The summed E-state index contributed by atoms with van der Waals surface area (Å²) in [4.78, 5) is 11.3. The van der Waals surface area contributed by atoms with Gasteiger partial charge in [-0.3, -0.25) is 0 Å². The Bertz CT molecular complexity index is 691. The van der Waals surface area contributed by atoms with Crippen LogP contribution in [0.4, 0.5) is 5.82 Å². The topological polar surface area (TPSA) is 41.0 Å². The van der Waals surface area contributed by atoms with E-state index in [1.165, 1.54) is 24.8 Å². The summed E-state index contributed by atoms with van der Waals surface area (Å²) in [6, 6.07) is 6.12. The molecule has 0 unspecified atom stereocenters. The zero-order valence-corrected chi connectivity index (χ0v) is 14.9. The molecule has 0 aliphatic carbocycles. The van der Waals surface area contributed by atoms with Gasteiger partial charge in [0.1, 0.15) is 16.5 Å². The van der Waals surface area contributed by atoms with Gasteiger partial charge in [-0.15, -0.1) is 11.3 Å². The lowest BCUT2D eigenvalue weighted by Gasteiger charge is -2.23. The van der Waals surface area contributed by atoms with Crippen molar-refractivity contribution in [3.63, 3.8) is 0 Å². The van der Waals surface area contributed by atoms with Crippen molar-refractivity contribution < 1.29 is 0 Å². The van der Waals surface area contributed by atoms with Crippen molar-refractivity contribution in [1.29, 1.82) is 0 Å².